The van der Waals surface area contributed by atoms with Gasteiger partial charge in [-0.3, -0.25) is 0 Å². The molecule has 1 saturated heterocycles. The average molecular weight is 332 g/mol. The Balaban J connectivity index is 1.89. The van der Waals surface area contributed by atoms with Gasteiger partial charge in [0.05, 0.1) is 12.6 Å². The molecule has 1 heterocycles. The van der Waals surface area contributed by atoms with Crippen LogP contribution in [-0.2, 0) is 20.9 Å². The first kappa shape index (κ1) is 18.0. The fraction of sp³-hybridized carbons (Fsp3) is 0.444. The van der Waals surface area contributed by atoms with Crippen molar-refractivity contribution in [3.63, 3.8) is 0 Å². The van der Waals surface area contributed by atoms with Crippen molar-refractivity contribution in [3.8, 4) is 0 Å². The molecule has 1 fully saturated rings. The Morgan fingerprint density at radius 3 is 2.79 bits per heavy atom. The van der Waals surface area contributed by atoms with Crippen molar-refractivity contribution >= 4 is 12.1 Å². The molecule has 0 aromatic heterocycles. The summed E-state index contributed by atoms with van der Waals surface area (Å²) in [5, 5.41) is 6.09. The van der Waals surface area contributed by atoms with Gasteiger partial charge in [0.25, 0.3) is 0 Å². The van der Waals surface area contributed by atoms with Crippen LogP contribution in [0.15, 0.2) is 42.5 Å². The smallest absolute Gasteiger partial charge is 0.407 e. The number of rotatable bonds is 7. The Hall–Kier alpha value is -2.34. The third-order valence-electron chi connectivity index (χ3n) is 3.83. The highest BCUT2D eigenvalue weighted by Crippen LogP contribution is 2.14. The van der Waals surface area contributed by atoms with Crippen molar-refractivity contribution in [3.05, 3.63) is 48.0 Å². The molecule has 2 atom stereocenters. The van der Waals surface area contributed by atoms with Crippen LogP contribution in [0.25, 0.3) is 0 Å². The molecule has 1 aliphatic rings. The zero-order valence-electron chi connectivity index (χ0n) is 13.9. The molecule has 1 aromatic carbocycles. The van der Waals surface area contributed by atoms with Gasteiger partial charge in [-0.05, 0) is 31.4 Å². The summed E-state index contributed by atoms with van der Waals surface area (Å²) in [6.45, 7) is 3.98. The summed E-state index contributed by atoms with van der Waals surface area (Å²) >= 11 is 0. The second-order valence-corrected chi connectivity index (χ2v) is 5.60. The maximum Gasteiger partial charge on any atom is 0.407 e. The quantitative estimate of drug-likeness (QED) is 0.590. The van der Waals surface area contributed by atoms with Gasteiger partial charge < -0.3 is 20.1 Å². The molecule has 1 aliphatic heterocycles. The van der Waals surface area contributed by atoms with Crippen LogP contribution in [0.1, 0.15) is 18.9 Å². The lowest BCUT2D eigenvalue weighted by Gasteiger charge is -2.20. The maximum absolute atomic E-state index is 12.1. The Kier molecular flexibility index (Phi) is 7.29. The lowest BCUT2D eigenvalue weighted by Crippen LogP contribution is -2.40. The molecular formula is C18H24N2O4. The standard InChI is InChI=1S/C18H24N2O4/c1-2-23-17(21)9-8-16(15-10-11-19-12-15)20-18(22)24-13-14-6-4-3-5-7-14/h3-9,15-16,19H,2,10-13H2,1H3,(H,20,22)/b9-8+. The minimum atomic E-state index is -0.496. The summed E-state index contributed by atoms with van der Waals surface area (Å²) in [6, 6.07) is 9.22. The van der Waals surface area contributed by atoms with E-state index in [1.54, 1.807) is 13.0 Å². The molecule has 0 radical (unpaired) electrons. The van der Waals surface area contributed by atoms with Crippen molar-refractivity contribution in [2.75, 3.05) is 19.7 Å². The van der Waals surface area contributed by atoms with E-state index < -0.39 is 12.1 Å². The first-order valence-corrected chi connectivity index (χ1v) is 8.22. The highest BCUT2D eigenvalue weighted by Gasteiger charge is 2.25. The average Bonchev–Trinajstić information content (AvgIpc) is 3.12. The van der Waals surface area contributed by atoms with E-state index in [1.807, 2.05) is 30.3 Å². The van der Waals surface area contributed by atoms with Gasteiger partial charge >= 0.3 is 12.1 Å². The molecule has 1 aromatic rings. The van der Waals surface area contributed by atoms with E-state index in [0.717, 1.165) is 25.1 Å². The van der Waals surface area contributed by atoms with E-state index in [9.17, 15) is 9.59 Å². The third-order valence-corrected chi connectivity index (χ3v) is 3.83. The van der Waals surface area contributed by atoms with Crippen LogP contribution >= 0.6 is 0 Å². The molecule has 6 nitrogen and oxygen atoms in total. The Labute approximate surface area is 142 Å². The summed E-state index contributed by atoms with van der Waals surface area (Å²) in [4.78, 5) is 23.5. The summed E-state index contributed by atoms with van der Waals surface area (Å²) < 4.78 is 10.1. The Morgan fingerprint density at radius 2 is 2.12 bits per heavy atom. The van der Waals surface area contributed by atoms with Gasteiger partial charge in [-0.1, -0.05) is 36.4 Å². The van der Waals surface area contributed by atoms with Crippen LogP contribution in [0.3, 0.4) is 0 Å². The summed E-state index contributed by atoms with van der Waals surface area (Å²) in [6.07, 6.45) is 3.48. The summed E-state index contributed by atoms with van der Waals surface area (Å²) in [7, 11) is 0. The lowest BCUT2D eigenvalue weighted by atomic mass is 9.98. The minimum absolute atomic E-state index is 0.212. The number of amides is 1. The van der Waals surface area contributed by atoms with Crippen LogP contribution in [0.5, 0.6) is 0 Å². The molecule has 0 spiro atoms. The highest BCUT2D eigenvalue weighted by molar-refractivity contribution is 5.82. The van der Waals surface area contributed by atoms with E-state index in [1.165, 1.54) is 6.08 Å². The first-order valence-electron chi connectivity index (χ1n) is 8.22. The zero-order valence-corrected chi connectivity index (χ0v) is 13.9. The minimum Gasteiger partial charge on any atom is -0.463 e. The van der Waals surface area contributed by atoms with Gasteiger partial charge in [-0.15, -0.1) is 0 Å². The second-order valence-electron chi connectivity index (χ2n) is 5.60. The molecule has 1 amide bonds. The normalized spacial score (nSPS) is 18.3. The van der Waals surface area contributed by atoms with E-state index in [2.05, 4.69) is 10.6 Å². The number of esters is 1. The SMILES string of the molecule is CCOC(=O)/C=C/C(NC(=O)OCc1ccccc1)C1CCNC1. The molecule has 2 rings (SSSR count). The van der Waals surface area contributed by atoms with Gasteiger partial charge in [0, 0.05) is 12.6 Å². The van der Waals surface area contributed by atoms with Crippen LogP contribution in [0.2, 0.25) is 0 Å². The van der Waals surface area contributed by atoms with Crippen LogP contribution < -0.4 is 10.6 Å². The second kappa shape index (κ2) is 9.72. The van der Waals surface area contributed by atoms with Gasteiger partial charge in [-0.25, -0.2) is 9.59 Å². The Bertz CT molecular complexity index is 553. The number of hydrogen-bond acceptors (Lipinski definition) is 5. The zero-order chi connectivity index (χ0) is 17.2. The van der Waals surface area contributed by atoms with Crippen LogP contribution in [0.4, 0.5) is 4.79 Å². The van der Waals surface area contributed by atoms with E-state index in [0.29, 0.717) is 6.61 Å². The van der Waals surface area contributed by atoms with Gasteiger partial charge in [0.2, 0.25) is 0 Å². The van der Waals surface area contributed by atoms with Crippen LogP contribution in [0, 0.1) is 5.92 Å². The first-order chi connectivity index (χ1) is 11.7. The Morgan fingerprint density at radius 1 is 1.33 bits per heavy atom. The van der Waals surface area contributed by atoms with Crippen molar-refractivity contribution < 1.29 is 19.1 Å². The number of hydrogen-bond donors (Lipinski definition) is 2. The number of carbonyl (C=O) groups is 2. The number of ether oxygens (including phenoxy) is 2. The topological polar surface area (TPSA) is 76.7 Å². The molecule has 24 heavy (non-hydrogen) atoms. The van der Waals surface area contributed by atoms with Gasteiger partial charge in [0.15, 0.2) is 0 Å². The maximum atomic E-state index is 12.1. The number of alkyl carbamates (subject to hydrolysis) is 1. The largest absolute Gasteiger partial charge is 0.463 e. The predicted octanol–water partition coefficient (Wildman–Crippen LogP) is 2.01. The number of benzene rings is 1. The van der Waals surface area contributed by atoms with Gasteiger partial charge in [-0.2, -0.15) is 0 Å². The number of nitrogens with one attached hydrogen (secondary N) is 2. The van der Waals surface area contributed by atoms with Crippen molar-refractivity contribution in [2.45, 2.75) is 26.0 Å². The highest BCUT2D eigenvalue weighted by atomic mass is 16.5. The molecule has 2 N–H and O–H groups in total. The fourth-order valence-electron chi connectivity index (χ4n) is 2.58. The van der Waals surface area contributed by atoms with Gasteiger partial charge in [0.1, 0.15) is 6.61 Å². The van der Waals surface area contributed by atoms with Crippen LogP contribution in [-0.4, -0.2) is 37.8 Å². The summed E-state index contributed by atoms with van der Waals surface area (Å²) in [5.74, 6) is -0.187. The molecular weight excluding hydrogens is 308 g/mol. The molecule has 0 aliphatic carbocycles. The van der Waals surface area contributed by atoms with Crippen molar-refractivity contribution in [1.82, 2.24) is 10.6 Å². The molecule has 0 bridgehead atoms. The molecule has 2 unspecified atom stereocenters. The third kappa shape index (κ3) is 6.04. The molecule has 130 valence electrons. The summed E-state index contributed by atoms with van der Waals surface area (Å²) in [5.41, 5.74) is 0.925. The fourth-order valence-corrected chi connectivity index (χ4v) is 2.58. The van der Waals surface area contributed by atoms with E-state index >= 15 is 0 Å². The van der Waals surface area contributed by atoms with Crippen molar-refractivity contribution in [1.29, 1.82) is 0 Å². The molecule has 0 saturated carbocycles. The lowest BCUT2D eigenvalue weighted by molar-refractivity contribution is -0.137. The monoisotopic (exact) mass is 332 g/mol. The van der Waals surface area contributed by atoms with E-state index in [4.69, 9.17) is 9.47 Å². The van der Waals surface area contributed by atoms with Crippen molar-refractivity contribution in [2.24, 2.45) is 5.92 Å². The molecule has 6 heteroatoms. The number of carbonyl (C=O) groups excluding carboxylic acids is 2. The predicted molar refractivity (Wildman–Crippen MR) is 90.3 cm³/mol. The van der Waals surface area contributed by atoms with E-state index in [-0.39, 0.29) is 18.6 Å².